The number of halogens is 2. The van der Waals surface area contributed by atoms with Crippen molar-refractivity contribution in [3.63, 3.8) is 0 Å². The fourth-order valence-electron chi connectivity index (χ4n) is 1.92. The molecule has 0 radical (unpaired) electrons. The van der Waals surface area contributed by atoms with Crippen molar-refractivity contribution in [2.24, 2.45) is 0 Å². The Morgan fingerprint density at radius 2 is 2.21 bits per heavy atom. The van der Waals surface area contributed by atoms with Crippen molar-refractivity contribution in [3.8, 4) is 0 Å². The van der Waals surface area contributed by atoms with Crippen molar-refractivity contribution in [2.45, 2.75) is 25.2 Å². The van der Waals surface area contributed by atoms with Gasteiger partial charge in [0.25, 0.3) is 0 Å². The van der Waals surface area contributed by atoms with Gasteiger partial charge in [-0.15, -0.1) is 0 Å². The van der Waals surface area contributed by atoms with Crippen LogP contribution in [0.4, 0.5) is 4.39 Å². The van der Waals surface area contributed by atoms with E-state index in [1.54, 1.807) is 12.1 Å². The molecule has 3 heteroatoms. The van der Waals surface area contributed by atoms with Gasteiger partial charge in [-0.25, -0.2) is 4.39 Å². The Balaban J connectivity index is 2.32. The molecule has 1 aliphatic rings. The molecule has 0 N–H and O–H groups in total. The Labute approximate surface area is 86.9 Å². The third kappa shape index (κ3) is 1.67. The highest BCUT2D eigenvalue weighted by Crippen LogP contribution is 2.35. The predicted molar refractivity (Wildman–Crippen MR) is 53.0 cm³/mol. The van der Waals surface area contributed by atoms with Gasteiger partial charge >= 0.3 is 0 Å². The number of benzene rings is 1. The number of carbonyl (C=O) groups is 1. The van der Waals surface area contributed by atoms with E-state index < -0.39 is 0 Å². The highest BCUT2D eigenvalue weighted by atomic mass is 35.5. The second kappa shape index (κ2) is 3.70. The fraction of sp³-hybridized carbons (Fsp3) is 0.364. The van der Waals surface area contributed by atoms with Crippen LogP contribution in [0.25, 0.3) is 0 Å². The maximum Gasteiger partial charge on any atom is 0.145 e. The lowest BCUT2D eigenvalue weighted by atomic mass is 9.97. The maximum absolute atomic E-state index is 13.5. The third-order valence-corrected chi connectivity index (χ3v) is 2.96. The van der Waals surface area contributed by atoms with E-state index in [4.69, 9.17) is 11.6 Å². The van der Waals surface area contributed by atoms with Crippen molar-refractivity contribution in [3.05, 3.63) is 34.6 Å². The quantitative estimate of drug-likeness (QED) is 0.698. The van der Waals surface area contributed by atoms with E-state index >= 15 is 0 Å². The summed E-state index contributed by atoms with van der Waals surface area (Å²) in [5.74, 6) is -0.121. The summed E-state index contributed by atoms with van der Waals surface area (Å²) in [6, 6.07) is 4.96. The summed E-state index contributed by atoms with van der Waals surface area (Å²) in [4.78, 5) is 11.1. The van der Waals surface area contributed by atoms with Crippen LogP contribution in [0.5, 0.6) is 0 Å². The minimum Gasteiger partial charge on any atom is -0.300 e. The van der Waals surface area contributed by atoms with Crippen molar-refractivity contribution in [1.82, 2.24) is 0 Å². The summed E-state index contributed by atoms with van der Waals surface area (Å²) < 4.78 is 13.5. The summed E-state index contributed by atoms with van der Waals surface area (Å²) in [5, 5.41) is 0.141. The van der Waals surface area contributed by atoms with Crippen LogP contribution >= 0.6 is 11.6 Å². The molecule has 1 aliphatic carbocycles. The highest BCUT2D eigenvalue weighted by molar-refractivity contribution is 6.30. The molecule has 0 aliphatic heterocycles. The number of carbonyl (C=O) groups excluding carboxylic acids is 1. The topological polar surface area (TPSA) is 17.1 Å². The lowest BCUT2D eigenvalue weighted by Gasteiger charge is -2.10. The largest absolute Gasteiger partial charge is 0.300 e. The first-order chi connectivity index (χ1) is 6.68. The Kier molecular flexibility index (Phi) is 2.55. The van der Waals surface area contributed by atoms with E-state index in [1.807, 2.05) is 0 Å². The van der Waals surface area contributed by atoms with Gasteiger partial charge in [0.1, 0.15) is 11.6 Å². The van der Waals surface area contributed by atoms with Crippen LogP contribution < -0.4 is 0 Å². The molecule has 74 valence electrons. The van der Waals surface area contributed by atoms with Gasteiger partial charge in [-0.2, -0.15) is 0 Å². The van der Waals surface area contributed by atoms with Crippen molar-refractivity contribution in [2.75, 3.05) is 0 Å². The standard InChI is InChI=1S/C11H10ClFO/c12-10-3-1-2-9(11(10)13)7-4-5-8(14)6-7/h1-3,7H,4-6H2. The zero-order chi connectivity index (χ0) is 10.1. The molecule has 1 aromatic carbocycles. The zero-order valence-electron chi connectivity index (χ0n) is 7.59. The van der Waals surface area contributed by atoms with Crippen molar-refractivity contribution < 1.29 is 9.18 Å². The second-order valence-corrected chi connectivity index (χ2v) is 4.03. The van der Waals surface area contributed by atoms with Crippen molar-refractivity contribution in [1.29, 1.82) is 0 Å². The van der Waals surface area contributed by atoms with Gasteiger partial charge in [0.2, 0.25) is 0 Å². The molecular formula is C11H10ClFO. The molecule has 14 heavy (non-hydrogen) atoms. The third-order valence-electron chi connectivity index (χ3n) is 2.67. The van der Waals surface area contributed by atoms with Crippen LogP contribution in [0, 0.1) is 5.82 Å². The first-order valence-corrected chi connectivity index (χ1v) is 5.02. The Hall–Kier alpha value is -0.890. The molecule has 0 aromatic heterocycles. The monoisotopic (exact) mass is 212 g/mol. The van der Waals surface area contributed by atoms with Gasteiger partial charge in [0, 0.05) is 12.8 Å². The molecule has 1 unspecified atom stereocenters. The minimum absolute atomic E-state index is 0.0289. The van der Waals surface area contributed by atoms with E-state index in [1.165, 1.54) is 6.07 Å². The van der Waals surface area contributed by atoms with Gasteiger partial charge in [-0.1, -0.05) is 23.7 Å². The smallest absolute Gasteiger partial charge is 0.145 e. The number of ketones is 1. The van der Waals surface area contributed by atoms with Gasteiger partial charge in [-0.3, -0.25) is 4.79 Å². The van der Waals surface area contributed by atoms with Crippen LogP contribution in [-0.4, -0.2) is 5.78 Å². The molecular weight excluding hydrogens is 203 g/mol. The molecule has 1 aromatic rings. The van der Waals surface area contributed by atoms with Crippen LogP contribution in [0.2, 0.25) is 5.02 Å². The number of rotatable bonds is 1. The molecule has 0 heterocycles. The summed E-state index contributed by atoms with van der Waals surface area (Å²) in [5.41, 5.74) is 0.586. The molecule has 0 bridgehead atoms. The van der Waals surface area contributed by atoms with Gasteiger partial charge in [0.05, 0.1) is 5.02 Å². The molecule has 1 fully saturated rings. The maximum atomic E-state index is 13.5. The van der Waals surface area contributed by atoms with Crippen LogP contribution in [0.15, 0.2) is 18.2 Å². The SMILES string of the molecule is O=C1CCC(c2cccc(Cl)c2F)C1. The molecule has 2 rings (SSSR count). The Morgan fingerprint density at radius 1 is 1.43 bits per heavy atom. The van der Waals surface area contributed by atoms with Crippen LogP contribution in [-0.2, 0) is 4.79 Å². The number of hydrogen-bond donors (Lipinski definition) is 0. The van der Waals surface area contributed by atoms with E-state index in [0.717, 1.165) is 6.42 Å². The van der Waals surface area contributed by atoms with Crippen LogP contribution in [0.1, 0.15) is 30.7 Å². The Morgan fingerprint density at radius 3 is 2.86 bits per heavy atom. The zero-order valence-corrected chi connectivity index (χ0v) is 8.35. The van der Waals surface area contributed by atoms with E-state index in [0.29, 0.717) is 18.4 Å². The lowest BCUT2D eigenvalue weighted by Crippen LogP contribution is -1.98. The summed E-state index contributed by atoms with van der Waals surface area (Å²) in [7, 11) is 0. The summed E-state index contributed by atoms with van der Waals surface area (Å²) >= 11 is 5.67. The number of Topliss-reactive ketones (excluding diaryl/α,β-unsaturated/α-hetero) is 1. The molecule has 1 nitrogen and oxygen atoms in total. The highest BCUT2D eigenvalue weighted by Gasteiger charge is 2.26. The average molecular weight is 213 g/mol. The molecule has 0 spiro atoms. The molecule has 0 saturated heterocycles. The summed E-state index contributed by atoms with van der Waals surface area (Å²) in [6.45, 7) is 0. The van der Waals surface area contributed by atoms with Gasteiger partial charge in [0.15, 0.2) is 0 Å². The minimum atomic E-state index is -0.367. The predicted octanol–water partition coefficient (Wildman–Crippen LogP) is 3.32. The van der Waals surface area contributed by atoms with E-state index in [2.05, 4.69) is 0 Å². The van der Waals surface area contributed by atoms with Crippen molar-refractivity contribution >= 4 is 17.4 Å². The fourth-order valence-corrected chi connectivity index (χ4v) is 2.10. The first kappa shape index (κ1) is 9.66. The summed E-state index contributed by atoms with van der Waals surface area (Å²) in [6.07, 6.45) is 1.77. The molecule has 1 saturated carbocycles. The second-order valence-electron chi connectivity index (χ2n) is 3.62. The van der Waals surface area contributed by atoms with Gasteiger partial charge < -0.3 is 0 Å². The van der Waals surface area contributed by atoms with E-state index in [9.17, 15) is 9.18 Å². The van der Waals surface area contributed by atoms with E-state index in [-0.39, 0.29) is 22.5 Å². The molecule has 0 amide bonds. The van der Waals surface area contributed by atoms with Gasteiger partial charge in [-0.05, 0) is 24.0 Å². The first-order valence-electron chi connectivity index (χ1n) is 4.64. The average Bonchev–Trinajstić information content (AvgIpc) is 2.57. The van der Waals surface area contributed by atoms with Crippen LogP contribution in [0.3, 0.4) is 0 Å². The Bertz CT molecular complexity index is 376. The normalized spacial score (nSPS) is 21.6. The number of hydrogen-bond acceptors (Lipinski definition) is 1. The molecule has 1 atom stereocenters. The lowest BCUT2D eigenvalue weighted by molar-refractivity contribution is -0.117.